The molecular formula is C17H15F3N2OS. The van der Waals surface area contributed by atoms with Crippen molar-refractivity contribution in [2.75, 3.05) is 11.9 Å². The van der Waals surface area contributed by atoms with E-state index in [2.05, 4.69) is 10.3 Å². The van der Waals surface area contributed by atoms with Gasteiger partial charge in [0.15, 0.2) is 0 Å². The second-order valence-electron chi connectivity index (χ2n) is 5.31. The number of nitrogens with zero attached hydrogens (tertiary/aromatic N) is 1. The Hall–Kier alpha value is -2.12. The van der Waals surface area contributed by atoms with Gasteiger partial charge in [-0.15, -0.1) is 11.3 Å². The van der Waals surface area contributed by atoms with Gasteiger partial charge in [0, 0.05) is 28.8 Å². The number of thiophene rings is 1. The van der Waals surface area contributed by atoms with Crippen LogP contribution in [0.3, 0.4) is 0 Å². The second kappa shape index (κ2) is 6.78. The number of aliphatic hydroxyl groups excluding tert-OH is 1. The van der Waals surface area contributed by atoms with Gasteiger partial charge in [-0.25, -0.2) is 0 Å². The molecule has 0 saturated heterocycles. The number of alkyl halides is 3. The molecule has 3 nitrogen and oxygen atoms in total. The molecule has 0 saturated carbocycles. The summed E-state index contributed by atoms with van der Waals surface area (Å²) in [5, 5.41) is 15.2. The van der Waals surface area contributed by atoms with Crippen molar-refractivity contribution in [3.05, 3.63) is 58.4 Å². The van der Waals surface area contributed by atoms with Crippen molar-refractivity contribution in [1.82, 2.24) is 4.98 Å². The summed E-state index contributed by atoms with van der Waals surface area (Å²) in [5.74, 6) is 0. The molecule has 0 spiro atoms. The molecule has 0 aliphatic heterocycles. The summed E-state index contributed by atoms with van der Waals surface area (Å²) in [4.78, 5) is 5.10. The van der Waals surface area contributed by atoms with Gasteiger partial charge >= 0.3 is 6.18 Å². The van der Waals surface area contributed by atoms with Gasteiger partial charge < -0.3 is 10.4 Å². The van der Waals surface area contributed by atoms with E-state index in [4.69, 9.17) is 0 Å². The lowest BCUT2D eigenvalue weighted by molar-refractivity contribution is -0.137. The monoisotopic (exact) mass is 352 g/mol. The molecule has 0 amide bonds. The van der Waals surface area contributed by atoms with Gasteiger partial charge in [-0.1, -0.05) is 12.1 Å². The molecule has 1 atom stereocenters. The quantitative estimate of drug-likeness (QED) is 0.690. The molecule has 0 fully saturated rings. The average Bonchev–Trinajstić information content (AvgIpc) is 3.07. The van der Waals surface area contributed by atoms with Gasteiger partial charge in [-0.05, 0) is 36.1 Å². The molecule has 3 aromatic rings. The third-order valence-electron chi connectivity index (χ3n) is 3.70. The first-order valence-corrected chi connectivity index (χ1v) is 8.24. The van der Waals surface area contributed by atoms with Crippen molar-refractivity contribution in [2.24, 2.45) is 0 Å². The number of pyridine rings is 1. The minimum atomic E-state index is -4.39. The van der Waals surface area contributed by atoms with E-state index in [-0.39, 0.29) is 18.2 Å². The smallest absolute Gasteiger partial charge is 0.396 e. The molecule has 126 valence electrons. The Bertz CT molecular complexity index is 818. The van der Waals surface area contributed by atoms with Crippen molar-refractivity contribution in [3.63, 3.8) is 0 Å². The molecule has 0 radical (unpaired) electrons. The van der Waals surface area contributed by atoms with Gasteiger partial charge in [0.05, 0.1) is 17.1 Å². The first-order valence-electron chi connectivity index (χ1n) is 7.36. The zero-order valence-electron chi connectivity index (χ0n) is 12.5. The molecule has 24 heavy (non-hydrogen) atoms. The summed E-state index contributed by atoms with van der Waals surface area (Å²) in [7, 11) is 0. The fourth-order valence-corrected chi connectivity index (χ4v) is 3.35. The molecule has 1 aromatic carbocycles. The summed E-state index contributed by atoms with van der Waals surface area (Å²) >= 11 is 1.56. The first kappa shape index (κ1) is 16.7. The predicted molar refractivity (Wildman–Crippen MR) is 89.1 cm³/mol. The summed E-state index contributed by atoms with van der Waals surface area (Å²) in [6.45, 7) is 0.0107. The molecular weight excluding hydrogens is 337 g/mol. The lowest BCUT2D eigenvalue weighted by Gasteiger charge is -2.19. The lowest BCUT2D eigenvalue weighted by atomic mass is 10.1. The summed E-state index contributed by atoms with van der Waals surface area (Å²) < 4.78 is 38.5. The molecule has 2 heterocycles. The van der Waals surface area contributed by atoms with Crippen LogP contribution in [0.2, 0.25) is 0 Å². The van der Waals surface area contributed by atoms with E-state index in [1.807, 2.05) is 17.5 Å². The molecule has 2 N–H and O–H groups in total. The SMILES string of the molecule is OCCC(Nc1ccnc2cc(C(F)(F)F)ccc12)c1cccs1. The maximum Gasteiger partial charge on any atom is 0.416 e. The van der Waals surface area contributed by atoms with Crippen LogP contribution in [0.25, 0.3) is 10.9 Å². The van der Waals surface area contributed by atoms with E-state index < -0.39 is 11.7 Å². The van der Waals surface area contributed by atoms with Crippen LogP contribution in [0.1, 0.15) is 22.9 Å². The molecule has 2 aromatic heterocycles. The molecule has 1 unspecified atom stereocenters. The number of nitrogens with one attached hydrogen (secondary N) is 1. The highest BCUT2D eigenvalue weighted by Gasteiger charge is 2.30. The van der Waals surface area contributed by atoms with Crippen LogP contribution in [0, 0.1) is 0 Å². The fraction of sp³-hybridized carbons (Fsp3) is 0.235. The normalized spacial score (nSPS) is 13.2. The third kappa shape index (κ3) is 3.52. The Morgan fingerprint density at radius 2 is 2.04 bits per heavy atom. The largest absolute Gasteiger partial charge is 0.416 e. The molecule has 0 aliphatic carbocycles. The van der Waals surface area contributed by atoms with Crippen LogP contribution in [0.4, 0.5) is 18.9 Å². The number of benzene rings is 1. The van der Waals surface area contributed by atoms with Gasteiger partial charge in [0.25, 0.3) is 0 Å². The van der Waals surface area contributed by atoms with Gasteiger partial charge in [0.2, 0.25) is 0 Å². The van der Waals surface area contributed by atoms with E-state index in [0.717, 1.165) is 17.0 Å². The average molecular weight is 352 g/mol. The van der Waals surface area contributed by atoms with Crippen LogP contribution < -0.4 is 5.32 Å². The minimum absolute atomic E-state index is 0.0107. The Labute approximate surface area is 140 Å². The Balaban J connectivity index is 1.97. The highest BCUT2D eigenvalue weighted by Crippen LogP contribution is 2.34. The molecule has 3 rings (SSSR count). The van der Waals surface area contributed by atoms with Crippen molar-refractivity contribution in [3.8, 4) is 0 Å². The zero-order chi connectivity index (χ0) is 17.2. The van der Waals surface area contributed by atoms with Crippen molar-refractivity contribution < 1.29 is 18.3 Å². The third-order valence-corrected chi connectivity index (χ3v) is 4.69. The Morgan fingerprint density at radius 3 is 2.71 bits per heavy atom. The number of halogens is 3. The van der Waals surface area contributed by atoms with Gasteiger partial charge in [-0.3, -0.25) is 4.98 Å². The Kier molecular flexibility index (Phi) is 4.73. The van der Waals surface area contributed by atoms with Crippen molar-refractivity contribution >= 4 is 27.9 Å². The number of hydrogen-bond donors (Lipinski definition) is 2. The van der Waals surface area contributed by atoms with Crippen molar-refractivity contribution in [1.29, 1.82) is 0 Å². The second-order valence-corrected chi connectivity index (χ2v) is 6.29. The van der Waals surface area contributed by atoms with E-state index in [1.54, 1.807) is 17.4 Å². The highest BCUT2D eigenvalue weighted by molar-refractivity contribution is 7.10. The summed E-state index contributed by atoms with van der Waals surface area (Å²) in [6.07, 6.45) is -2.41. The minimum Gasteiger partial charge on any atom is -0.396 e. The topological polar surface area (TPSA) is 45.1 Å². The van der Waals surface area contributed by atoms with E-state index in [0.29, 0.717) is 17.5 Å². The number of rotatable bonds is 5. The summed E-state index contributed by atoms with van der Waals surface area (Å²) in [5.41, 5.74) is 0.258. The summed E-state index contributed by atoms with van der Waals surface area (Å²) in [6, 6.07) is 9.04. The number of aromatic nitrogens is 1. The van der Waals surface area contributed by atoms with Crippen LogP contribution in [-0.2, 0) is 6.18 Å². The maximum absolute atomic E-state index is 12.8. The number of aliphatic hydroxyl groups is 1. The standard InChI is InChI=1S/C17H15F3N2OS/c18-17(19,20)11-3-4-12-13(5-7-21-15(12)10-11)22-14(6-8-23)16-2-1-9-24-16/h1-5,7,9-10,14,23H,6,8H2,(H,21,22). The van der Waals surface area contributed by atoms with Crippen LogP contribution in [0.15, 0.2) is 48.0 Å². The lowest BCUT2D eigenvalue weighted by Crippen LogP contribution is -2.12. The predicted octanol–water partition coefficient (Wildman–Crippen LogP) is 4.85. The van der Waals surface area contributed by atoms with Crippen molar-refractivity contribution in [2.45, 2.75) is 18.6 Å². The molecule has 0 bridgehead atoms. The van der Waals surface area contributed by atoms with E-state index in [9.17, 15) is 18.3 Å². The zero-order valence-corrected chi connectivity index (χ0v) is 13.4. The highest BCUT2D eigenvalue weighted by atomic mass is 32.1. The number of fused-ring (bicyclic) bond motifs is 1. The fourth-order valence-electron chi connectivity index (χ4n) is 2.54. The van der Waals surface area contributed by atoms with Gasteiger partial charge in [-0.2, -0.15) is 13.2 Å². The Morgan fingerprint density at radius 1 is 1.21 bits per heavy atom. The van der Waals surface area contributed by atoms with E-state index in [1.165, 1.54) is 12.3 Å². The molecule has 7 heteroatoms. The van der Waals surface area contributed by atoms with E-state index >= 15 is 0 Å². The van der Waals surface area contributed by atoms with Gasteiger partial charge in [0.1, 0.15) is 0 Å². The number of hydrogen-bond acceptors (Lipinski definition) is 4. The maximum atomic E-state index is 12.8. The number of anilines is 1. The van der Waals surface area contributed by atoms with Crippen LogP contribution in [-0.4, -0.2) is 16.7 Å². The first-order chi connectivity index (χ1) is 11.5. The van der Waals surface area contributed by atoms with Crippen LogP contribution in [0.5, 0.6) is 0 Å². The van der Waals surface area contributed by atoms with Crippen LogP contribution >= 0.6 is 11.3 Å². The molecule has 0 aliphatic rings.